The third-order valence-electron chi connectivity index (χ3n) is 3.91. The van der Waals surface area contributed by atoms with E-state index in [2.05, 4.69) is 0 Å². The molecule has 2 aromatic carbocycles. The van der Waals surface area contributed by atoms with E-state index in [0.717, 1.165) is 0 Å². The lowest BCUT2D eigenvalue weighted by Crippen LogP contribution is -2.26. The molecule has 25 heavy (non-hydrogen) atoms. The summed E-state index contributed by atoms with van der Waals surface area (Å²) in [6.07, 6.45) is 3.11. The number of para-hydroxylation sites is 1. The minimum atomic E-state index is -1.78. The lowest BCUT2D eigenvalue weighted by molar-refractivity contribution is -0.170. The van der Waals surface area contributed by atoms with Crippen molar-refractivity contribution in [3.63, 3.8) is 0 Å². The van der Waals surface area contributed by atoms with Crippen LogP contribution < -0.4 is 4.74 Å². The molecule has 0 fully saturated rings. The number of carbonyl (C=O) groups excluding carboxylic acids is 1. The summed E-state index contributed by atoms with van der Waals surface area (Å²) in [5.41, 5.74) is 1.65. The number of aliphatic hydroxyl groups is 1. The van der Waals surface area contributed by atoms with Gasteiger partial charge in [0.15, 0.2) is 0 Å². The molecule has 0 radical (unpaired) electrons. The quantitative estimate of drug-likeness (QED) is 0.865. The number of rotatable bonds is 4. The number of hydrogen-bond acceptors (Lipinski definition) is 4. The second-order valence-corrected chi connectivity index (χ2v) is 5.75. The van der Waals surface area contributed by atoms with E-state index in [1.54, 1.807) is 42.5 Å². The number of methoxy groups -OCH3 is 1. The minimum Gasteiger partial charge on any atom is -0.496 e. The molecule has 0 amide bonds. The van der Waals surface area contributed by atoms with Crippen molar-refractivity contribution in [2.45, 2.75) is 12.7 Å². The standard InChI is InChI=1S/C20H17FO4/c1-20(23)18(15-8-3-4-9-17(15)24-2)16(19(22)25-20)11-10-13-6-5-7-14(21)12-13/h3-12,23H,1-2H3. The fraction of sp³-hybridized carbons (Fsp3) is 0.150. The first-order valence-corrected chi connectivity index (χ1v) is 7.70. The van der Waals surface area contributed by atoms with Crippen molar-refractivity contribution in [1.82, 2.24) is 0 Å². The molecule has 1 unspecified atom stereocenters. The molecule has 0 saturated heterocycles. The average Bonchev–Trinajstić information content (AvgIpc) is 2.81. The maximum Gasteiger partial charge on any atom is 0.341 e. The van der Waals surface area contributed by atoms with Crippen LogP contribution in [0.3, 0.4) is 0 Å². The molecule has 4 nitrogen and oxygen atoms in total. The summed E-state index contributed by atoms with van der Waals surface area (Å²) >= 11 is 0. The number of carbonyl (C=O) groups is 1. The summed E-state index contributed by atoms with van der Waals surface area (Å²) in [6, 6.07) is 13.0. The van der Waals surface area contributed by atoms with E-state index in [1.807, 2.05) is 0 Å². The number of benzene rings is 2. The zero-order valence-corrected chi connectivity index (χ0v) is 13.8. The maximum atomic E-state index is 13.3. The van der Waals surface area contributed by atoms with Crippen molar-refractivity contribution in [3.8, 4) is 5.75 Å². The molecule has 1 heterocycles. The van der Waals surface area contributed by atoms with Gasteiger partial charge in [-0.1, -0.05) is 36.4 Å². The highest BCUT2D eigenvalue weighted by Crippen LogP contribution is 2.42. The van der Waals surface area contributed by atoms with Crippen molar-refractivity contribution in [2.24, 2.45) is 0 Å². The zero-order valence-electron chi connectivity index (χ0n) is 13.8. The van der Waals surface area contributed by atoms with Gasteiger partial charge in [0, 0.05) is 18.1 Å². The van der Waals surface area contributed by atoms with Gasteiger partial charge in [-0.3, -0.25) is 0 Å². The summed E-state index contributed by atoms with van der Waals surface area (Å²) < 4.78 is 23.7. The summed E-state index contributed by atoms with van der Waals surface area (Å²) in [4.78, 5) is 12.3. The summed E-state index contributed by atoms with van der Waals surface area (Å²) in [6.45, 7) is 1.40. The molecule has 0 spiro atoms. The fourth-order valence-electron chi connectivity index (χ4n) is 2.83. The molecule has 1 aliphatic rings. The molecule has 3 rings (SSSR count). The molecule has 0 saturated carbocycles. The van der Waals surface area contributed by atoms with Crippen molar-refractivity contribution in [3.05, 3.63) is 77.1 Å². The Morgan fingerprint density at radius 2 is 1.92 bits per heavy atom. The topological polar surface area (TPSA) is 55.8 Å². The van der Waals surface area contributed by atoms with Gasteiger partial charge in [-0.25, -0.2) is 9.18 Å². The van der Waals surface area contributed by atoms with E-state index in [4.69, 9.17) is 9.47 Å². The Balaban J connectivity index is 2.13. The number of ether oxygens (including phenoxy) is 2. The molecule has 1 aliphatic heterocycles. The van der Waals surface area contributed by atoms with Gasteiger partial charge in [-0.2, -0.15) is 0 Å². The van der Waals surface area contributed by atoms with Gasteiger partial charge in [-0.15, -0.1) is 0 Å². The first-order valence-electron chi connectivity index (χ1n) is 7.70. The van der Waals surface area contributed by atoms with Crippen LogP contribution in [-0.4, -0.2) is 24.0 Å². The van der Waals surface area contributed by atoms with Gasteiger partial charge in [0.25, 0.3) is 0 Å². The lowest BCUT2D eigenvalue weighted by atomic mass is 9.94. The Hall–Kier alpha value is -2.92. The van der Waals surface area contributed by atoms with E-state index in [0.29, 0.717) is 22.4 Å². The van der Waals surface area contributed by atoms with Crippen LogP contribution in [-0.2, 0) is 9.53 Å². The predicted molar refractivity (Wildman–Crippen MR) is 92.1 cm³/mol. The van der Waals surface area contributed by atoms with Crippen LogP contribution in [0.15, 0.2) is 60.2 Å². The van der Waals surface area contributed by atoms with Crippen molar-refractivity contribution in [2.75, 3.05) is 7.11 Å². The van der Waals surface area contributed by atoms with Crippen LogP contribution in [0.1, 0.15) is 18.1 Å². The number of halogens is 1. The second kappa shape index (κ2) is 6.53. The lowest BCUT2D eigenvalue weighted by Gasteiger charge is -2.21. The third-order valence-corrected chi connectivity index (χ3v) is 3.91. The van der Waals surface area contributed by atoms with E-state index in [1.165, 1.54) is 32.2 Å². The van der Waals surface area contributed by atoms with Gasteiger partial charge < -0.3 is 14.6 Å². The van der Waals surface area contributed by atoms with Crippen LogP contribution in [0.4, 0.5) is 4.39 Å². The molecule has 0 bridgehead atoms. The van der Waals surface area contributed by atoms with Gasteiger partial charge in [-0.05, 0) is 29.8 Å². The summed E-state index contributed by atoms with van der Waals surface area (Å²) in [5, 5.41) is 10.6. The first-order chi connectivity index (χ1) is 11.9. The molecule has 0 aliphatic carbocycles. The minimum absolute atomic E-state index is 0.193. The largest absolute Gasteiger partial charge is 0.496 e. The average molecular weight is 340 g/mol. The molecule has 0 aromatic heterocycles. The zero-order chi connectivity index (χ0) is 18.0. The van der Waals surface area contributed by atoms with Crippen LogP contribution >= 0.6 is 0 Å². The highest BCUT2D eigenvalue weighted by molar-refractivity contribution is 6.07. The number of cyclic esters (lactones) is 1. The maximum absolute atomic E-state index is 13.3. The first kappa shape index (κ1) is 16.9. The molecule has 5 heteroatoms. The SMILES string of the molecule is COc1ccccc1C1=C(C=Cc2cccc(F)c2)C(=O)OC1(C)O. The van der Waals surface area contributed by atoms with Crippen LogP contribution in [0.2, 0.25) is 0 Å². The Morgan fingerprint density at radius 3 is 2.64 bits per heavy atom. The molecule has 128 valence electrons. The van der Waals surface area contributed by atoms with E-state index < -0.39 is 11.8 Å². The Labute approximate surface area is 144 Å². The third kappa shape index (κ3) is 3.32. The van der Waals surface area contributed by atoms with Gasteiger partial charge in [0.2, 0.25) is 5.79 Å². The second-order valence-electron chi connectivity index (χ2n) is 5.75. The van der Waals surface area contributed by atoms with E-state index >= 15 is 0 Å². The fourth-order valence-corrected chi connectivity index (χ4v) is 2.83. The molecular weight excluding hydrogens is 323 g/mol. The van der Waals surface area contributed by atoms with Crippen LogP contribution in [0.25, 0.3) is 11.6 Å². The molecule has 1 N–H and O–H groups in total. The van der Waals surface area contributed by atoms with E-state index in [9.17, 15) is 14.3 Å². The smallest absolute Gasteiger partial charge is 0.341 e. The molecule has 2 aromatic rings. The van der Waals surface area contributed by atoms with Gasteiger partial charge >= 0.3 is 5.97 Å². The van der Waals surface area contributed by atoms with Crippen molar-refractivity contribution in [1.29, 1.82) is 0 Å². The van der Waals surface area contributed by atoms with Crippen molar-refractivity contribution >= 4 is 17.6 Å². The monoisotopic (exact) mass is 340 g/mol. The Kier molecular flexibility index (Phi) is 4.42. The molecule has 1 atom stereocenters. The Bertz CT molecular complexity index is 881. The highest BCUT2D eigenvalue weighted by atomic mass is 19.1. The van der Waals surface area contributed by atoms with Crippen molar-refractivity contribution < 1.29 is 23.8 Å². The highest BCUT2D eigenvalue weighted by Gasteiger charge is 2.43. The summed E-state index contributed by atoms with van der Waals surface area (Å²) in [7, 11) is 1.51. The predicted octanol–water partition coefficient (Wildman–Crippen LogP) is 3.57. The van der Waals surface area contributed by atoms with E-state index in [-0.39, 0.29) is 11.4 Å². The van der Waals surface area contributed by atoms with Gasteiger partial charge in [0.05, 0.1) is 12.7 Å². The number of esters is 1. The van der Waals surface area contributed by atoms with Crippen LogP contribution in [0.5, 0.6) is 5.75 Å². The van der Waals surface area contributed by atoms with Gasteiger partial charge in [0.1, 0.15) is 11.6 Å². The Morgan fingerprint density at radius 1 is 1.16 bits per heavy atom. The number of hydrogen-bond donors (Lipinski definition) is 1. The molecular formula is C20H17FO4. The summed E-state index contributed by atoms with van der Waals surface area (Å²) in [5.74, 6) is -2.30. The normalized spacial score (nSPS) is 20.2. The van der Waals surface area contributed by atoms with Crippen LogP contribution in [0, 0.1) is 5.82 Å².